The summed E-state index contributed by atoms with van der Waals surface area (Å²) in [7, 11) is 0. The van der Waals surface area contributed by atoms with Crippen molar-refractivity contribution in [3.63, 3.8) is 0 Å². The van der Waals surface area contributed by atoms with Crippen molar-refractivity contribution in [2.45, 2.75) is 32.5 Å². The van der Waals surface area contributed by atoms with E-state index in [0.29, 0.717) is 41.5 Å². The van der Waals surface area contributed by atoms with Crippen LogP contribution in [-0.4, -0.2) is 45.9 Å². The number of benzene rings is 1. The van der Waals surface area contributed by atoms with Crippen molar-refractivity contribution in [2.24, 2.45) is 5.73 Å². The lowest BCUT2D eigenvalue weighted by Crippen LogP contribution is -2.48. The van der Waals surface area contributed by atoms with Crippen LogP contribution in [0.3, 0.4) is 0 Å². The van der Waals surface area contributed by atoms with Crippen LogP contribution in [0.2, 0.25) is 5.02 Å². The molecule has 1 aromatic heterocycles. The van der Waals surface area contributed by atoms with Crippen LogP contribution in [0.15, 0.2) is 24.3 Å². The van der Waals surface area contributed by atoms with Gasteiger partial charge in [0.15, 0.2) is 0 Å². The first-order chi connectivity index (χ1) is 12.9. The van der Waals surface area contributed by atoms with Gasteiger partial charge in [-0.2, -0.15) is 5.10 Å². The zero-order valence-corrected chi connectivity index (χ0v) is 15.7. The van der Waals surface area contributed by atoms with Gasteiger partial charge < -0.3 is 16.0 Å². The monoisotopic (exact) mass is 393 g/mol. The van der Waals surface area contributed by atoms with Crippen LogP contribution in [0, 0.1) is 0 Å². The Kier molecular flexibility index (Phi) is 5.65. The largest absolute Gasteiger partial charge is 0.365 e. The number of nitrogens with two attached hydrogens (primary N) is 1. The number of halogens is 2. The molecule has 1 aliphatic rings. The number of rotatable bonds is 5. The molecule has 0 saturated heterocycles. The first kappa shape index (κ1) is 19.2. The highest BCUT2D eigenvalue weighted by atomic mass is 35.5. The van der Waals surface area contributed by atoms with Crippen molar-refractivity contribution in [1.82, 2.24) is 20.0 Å². The van der Waals surface area contributed by atoms with Gasteiger partial charge in [-0.25, -0.2) is 9.18 Å². The molecule has 9 heteroatoms. The predicted molar refractivity (Wildman–Crippen MR) is 100 cm³/mol. The van der Waals surface area contributed by atoms with Gasteiger partial charge in [0.1, 0.15) is 12.4 Å². The number of nitrogens with zero attached hydrogens (tertiary/aromatic N) is 3. The Labute approximate surface area is 161 Å². The smallest absolute Gasteiger partial charge is 0.318 e. The zero-order valence-electron chi connectivity index (χ0n) is 14.9. The number of amides is 3. The molecule has 0 bridgehead atoms. The summed E-state index contributed by atoms with van der Waals surface area (Å²) in [4.78, 5) is 26.1. The molecule has 1 atom stereocenters. The molecule has 1 unspecified atom stereocenters. The molecule has 0 saturated carbocycles. The summed E-state index contributed by atoms with van der Waals surface area (Å²) in [6.45, 7) is 2.16. The second-order valence-corrected chi connectivity index (χ2v) is 6.83. The van der Waals surface area contributed by atoms with E-state index < -0.39 is 18.6 Å². The van der Waals surface area contributed by atoms with E-state index in [4.69, 9.17) is 17.3 Å². The molecule has 27 heavy (non-hydrogen) atoms. The van der Waals surface area contributed by atoms with E-state index in [2.05, 4.69) is 10.4 Å². The molecule has 1 aromatic carbocycles. The average Bonchev–Trinajstić information content (AvgIpc) is 3.04. The fraction of sp³-hybridized carbons (Fsp3) is 0.389. The van der Waals surface area contributed by atoms with Gasteiger partial charge in [-0.3, -0.25) is 9.48 Å². The number of alkyl halides is 1. The van der Waals surface area contributed by atoms with Gasteiger partial charge in [-0.05, 0) is 18.6 Å². The lowest BCUT2D eigenvalue weighted by Gasteiger charge is -2.29. The second kappa shape index (κ2) is 7.96. The Balaban J connectivity index is 1.92. The van der Waals surface area contributed by atoms with Gasteiger partial charge in [-0.1, -0.05) is 30.7 Å². The van der Waals surface area contributed by atoms with Crippen molar-refractivity contribution in [2.75, 3.05) is 13.2 Å². The van der Waals surface area contributed by atoms with Crippen LogP contribution in [0.1, 0.15) is 29.4 Å². The maximum atomic E-state index is 12.9. The van der Waals surface area contributed by atoms with Crippen molar-refractivity contribution in [3.05, 3.63) is 40.5 Å². The van der Waals surface area contributed by atoms with Gasteiger partial charge in [0, 0.05) is 17.1 Å². The first-order valence-corrected chi connectivity index (χ1v) is 9.09. The summed E-state index contributed by atoms with van der Waals surface area (Å²) < 4.78 is 14.6. The third kappa shape index (κ3) is 3.90. The van der Waals surface area contributed by atoms with E-state index in [9.17, 15) is 14.0 Å². The summed E-state index contributed by atoms with van der Waals surface area (Å²) in [6.07, 6.45) is 0.499. The van der Waals surface area contributed by atoms with Crippen molar-refractivity contribution in [1.29, 1.82) is 0 Å². The molecule has 1 aliphatic heterocycles. The highest BCUT2D eigenvalue weighted by Gasteiger charge is 2.30. The van der Waals surface area contributed by atoms with E-state index >= 15 is 0 Å². The number of aromatic nitrogens is 2. The normalized spacial score (nSPS) is 14.6. The number of urea groups is 1. The van der Waals surface area contributed by atoms with Crippen LogP contribution in [0.4, 0.5) is 9.18 Å². The molecule has 3 N–H and O–H groups in total. The maximum Gasteiger partial charge on any atom is 0.318 e. The molecule has 3 rings (SSSR count). The molecule has 144 valence electrons. The third-order valence-electron chi connectivity index (χ3n) is 4.62. The second-order valence-electron chi connectivity index (χ2n) is 6.40. The van der Waals surface area contributed by atoms with E-state index in [0.717, 1.165) is 0 Å². The molecule has 2 aromatic rings. The molecule has 0 radical (unpaired) electrons. The quantitative estimate of drug-likeness (QED) is 0.817. The highest BCUT2D eigenvalue weighted by Crippen LogP contribution is 2.29. The molecule has 0 fully saturated rings. The minimum Gasteiger partial charge on any atom is -0.365 e. The first-order valence-electron chi connectivity index (χ1n) is 8.71. The minimum absolute atomic E-state index is 0.167. The molecule has 2 heterocycles. The topological polar surface area (TPSA) is 93.2 Å². The van der Waals surface area contributed by atoms with Crippen LogP contribution < -0.4 is 11.1 Å². The minimum atomic E-state index is -0.626. The van der Waals surface area contributed by atoms with Crippen molar-refractivity contribution < 1.29 is 14.0 Å². The predicted octanol–water partition coefficient (Wildman–Crippen LogP) is 2.58. The number of carbonyl (C=O) groups excluding carboxylic acids is 2. The van der Waals surface area contributed by atoms with Gasteiger partial charge in [0.2, 0.25) is 0 Å². The van der Waals surface area contributed by atoms with Gasteiger partial charge in [0.05, 0.1) is 30.4 Å². The zero-order chi connectivity index (χ0) is 19.6. The summed E-state index contributed by atoms with van der Waals surface area (Å²) in [5.74, 6) is -0.622. The van der Waals surface area contributed by atoms with Crippen LogP contribution >= 0.6 is 11.6 Å². The molecular weight excluding hydrogens is 373 g/mol. The van der Waals surface area contributed by atoms with Crippen molar-refractivity contribution >= 4 is 23.5 Å². The number of carbonyl (C=O) groups is 2. The summed E-state index contributed by atoms with van der Waals surface area (Å²) in [5.41, 5.74) is 7.56. The molecule has 7 nitrogen and oxygen atoms in total. The lowest BCUT2D eigenvalue weighted by atomic mass is 10.0. The van der Waals surface area contributed by atoms with Crippen LogP contribution in [0.5, 0.6) is 0 Å². The fourth-order valence-electron chi connectivity index (χ4n) is 3.10. The summed E-state index contributed by atoms with van der Waals surface area (Å²) in [6, 6.07) is 6.10. The Morgan fingerprint density at radius 3 is 2.81 bits per heavy atom. The van der Waals surface area contributed by atoms with Gasteiger partial charge in [0.25, 0.3) is 5.91 Å². The molecule has 0 spiro atoms. The van der Waals surface area contributed by atoms with Gasteiger partial charge in [-0.15, -0.1) is 0 Å². The number of fused-ring (bicyclic) bond motifs is 1. The maximum absolute atomic E-state index is 12.9. The van der Waals surface area contributed by atoms with Gasteiger partial charge >= 0.3 is 6.03 Å². The highest BCUT2D eigenvalue weighted by molar-refractivity contribution is 6.30. The third-order valence-corrected chi connectivity index (χ3v) is 4.85. The fourth-order valence-corrected chi connectivity index (χ4v) is 3.29. The molecule has 0 aliphatic carbocycles. The van der Waals surface area contributed by atoms with E-state index in [-0.39, 0.29) is 18.1 Å². The number of hydrogen-bond donors (Lipinski definition) is 2. The number of hydrogen-bond acceptors (Lipinski definition) is 3. The standard InChI is InChI=1S/C18H21ClFN5O2/c1-2-13(9-20)22-18(27)24-6-7-25-14(10-24)15(17(21)26)16(23-25)11-4-3-5-12(19)8-11/h3-5,8,13H,2,6-7,9-10H2,1H3,(H2,21,26)(H,22,27). The van der Waals surface area contributed by atoms with Crippen molar-refractivity contribution in [3.8, 4) is 11.3 Å². The van der Waals surface area contributed by atoms with E-state index in [1.54, 1.807) is 35.9 Å². The van der Waals surface area contributed by atoms with E-state index in [1.165, 1.54) is 4.90 Å². The SMILES string of the molecule is CCC(CF)NC(=O)N1CCn2nc(-c3cccc(Cl)c3)c(C(N)=O)c2C1. The molecular formula is C18H21ClFN5O2. The summed E-state index contributed by atoms with van der Waals surface area (Å²) in [5, 5.41) is 7.69. The molecule has 3 amide bonds. The Morgan fingerprint density at radius 1 is 1.41 bits per heavy atom. The Bertz CT molecular complexity index is 865. The summed E-state index contributed by atoms with van der Waals surface area (Å²) >= 11 is 6.05. The van der Waals surface area contributed by atoms with Crippen LogP contribution in [-0.2, 0) is 13.1 Å². The number of primary amides is 1. The van der Waals surface area contributed by atoms with E-state index in [1.807, 2.05) is 0 Å². The Morgan fingerprint density at radius 2 is 2.19 bits per heavy atom. The number of nitrogens with one attached hydrogen (secondary N) is 1. The lowest BCUT2D eigenvalue weighted by molar-refractivity contribution is 0.0997. The van der Waals surface area contributed by atoms with Crippen LogP contribution in [0.25, 0.3) is 11.3 Å². The Hall–Kier alpha value is -2.61. The average molecular weight is 394 g/mol.